The van der Waals surface area contributed by atoms with Crippen molar-refractivity contribution in [3.05, 3.63) is 11.1 Å². The van der Waals surface area contributed by atoms with E-state index in [-0.39, 0.29) is 6.23 Å². The Morgan fingerprint density at radius 3 is 2.73 bits per heavy atom. The van der Waals surface area contributed by atoms with Crippen LogP contribution in [-0.2, 0) is 4.74 Å². The quantitative estimate of drug-likeness (QED) is 0.508. The van der Waals surface area contributed by atoms with Gasteiger partial charge in [-0.2, -0.15) is 0 Å². The van der Waals surface area contributed by atoms with Gasteiger partial charge in [-0.1, -0.05) is 5.57 Å². The molecule has 4 aliphatic heterocycles. The first kappa shape index (κ1) is 18.4. The molecule has 0 radical (unpaired) electrons. The van der Waals surface area contributed by atoms with Crippen LogP contribution in [0.2, 0.25) is 0 Å². The molecule has 0 aromatic carbocycles. The Balaban J connectivity index is 1.49. The number of rotatable bonds is 5. The third-order valence-corrected chi connectivity index (χ3v) is 6.25. The summed E-state index contributed by atoms with van der Waals surface area (Å²) in [5.41, 5.74) is 2.88. The number of nitrogens with one attached hydrogen (secondary N) is 3. The molecule has 0 amide bonds. The number of fused-ring (bicyclic) bond motifs is 2. The van der Waals surface area contributed by atoms with Crippen molar-refractivity contribution in [1.29, 1.82) is 0 Å². The van der Waals surface area contributed by atoms with E-state index in [1.54, 1.807) is 0 Å². The van der Waals surface area contributed by atoms with Crippen molar-refractivity contribution in [2.24, 2.45) is 4.99 Å². The van der Waals surface area contributed by atoms with Gasteiger partial charge in [0.25, 0.3) is 0 Å². The summed E-state index contributed by atoms with van der Waals surface area (Å²) >= 11 is 0. The molecule has 0 spiro atoms. The molecule has 4 heterocycles. The number of hydrogen-bond acceptors (Lipinski definition) is 5. The molecule has 0 aromatic heterocycles. The topological polar surface area (TPSA) is 60.9 Å². The van der Waals surface area contributed by atoms with Crippen LogP contribution in [0.5, 0.6) is 0 Å². The van der Waals surface area contributed by atoms with Crippen molar-refractivity contribution in [2.45, 2.75) is 70.3 Å². The molecular weight excluding hydrogens is 326 g/mol. The molecule has 0 aliphatic carbocycles. The van der Waals surface area contributed by atoms with Gasteiger partial charge >= 0.3 is 0 Å². The molecule has 4 rings (SSSR count). The van der Waals surface area contributed by atoms with E-state index in [0.29, 0.717) is 18.1 Å². The summed E-state index contributed by atoms with van der Waals surface area (Å²) in [7, 11) is 0. The molecule has 26 heavy (non-hydrogen) atoms. The number of likely N-dealkylation sites (tertiary alicyclic amines) is 1. The minimum Gasteiger partial charge on any atom is -0.355 e. The van der Waals surface area contributed by atoms with Crippen LogP contribution in [0.3, 0.4) is 0 Å². The average molecular weight is 362 g/mol. The van der Waals surface area contributed by atoms with Crippen molar-refractivity contribution in [2.75, 3.05) is 39.3 Å². The fourth-order valence-electron chi connectivity index (χ4n) is 4.80. The van der Waals surface area contributed by atoms with Crippen molar-refractivity contribution in [1.82, 2.24) is 20.9 Å². The highest BCUT2D eigenvalue weighted by Gasteiger charge is 2.35. The van der Waals surface area contributed by atoms with Crippen LogP contribution >= 0.6 is 0 Å². The average Bonchev–Trinajstić information content (AvgIpc) is 3.28. The highest BCUT2D eigenvalue weighted by molar-refractivity contribution is 5.99. The van der Waals surface area contributed by atoms with Gasteiger partial charge in [-0.3, -0.25) is 0 Å². The van der Waals surface area contributed by atoms with Crippen LogP contribution < -0.4 is 16.0 Å². The van der Waals surface area contributed by atoms with Gasteiger partial charge in [-0.25, -0.2) is 4.99 Å². The second-order valence-corrected chi connectivity index (χ2v) is 8.41. The largest absolute Gasteiger partial charge is 0.355 e. The molecule has 3 fully saturated rings. The summed E-state index contributed by atoms with van der Waals surface area (Å²) in [4.78, 5) is 7.65. The van der Waals surface area contributed by atoms with Crippen molar-refractivity contribution in [3.63, 3.8) is 0 Å². The minimum atomic E-state index is -0.0878. The Hall–Kier alpha value is -0.950. The Morgan fingerprint density at radius 2 is 2.04 bits per heavy atom. The highest BCUT2D eigenvalue weighted by atomic mass is 16.5. The minimum absolute atomic E-state index is 0.0878. The lowest BCUT2D eigenvalue weighted by Gasteiger charge is -2.37. The predicted octanol–water partition coefficient (Wildman–Crippen LogP) is 1.25. The molecule has 4 atom stereocenters. The maximum Gasteiger partial charge on any atom is 0.147 e. The summed E-state index contributed by atoms with van der Waals surface area (Å²) in [5, 5.41) is 10.7. The molecule has 6 nitrogen and oxygen atoms in total. The summed E-state index contributed by atoms with van der Waals surface area (Å²) < 4.78 is 6.11. The number of piperazine rings is 1. The zero-order chi connectivity index (χ0) is 17.9. The molecule has 3 unspecified atom stereocenters. The van der Waals surface area contributed by atoms with E-state index in [1.165, 1.54) is 42.7 Å². The van der Waals surface area contributed by atoms with E-state index >= 15 is 0 Å². The lowest BCUT2D eigenvalue weighted by molar-refractivity contribution is 0.0578. The molecule has 146 valence electrons. The van der Waals surface area contributed by atoms with Gasteiger partial charge in [0.2, 0.25) is 0 Å². The Bertz CT molecular complexity index is 542. The fraction of sp³-hybridized carbons (Fsp3) is 0.850. The van der Waals surface area contributed by atoms with Gasteiger partial charge in [-0.05, 0) is 64.6 Å². The smallest absolute Gasteiger partial charge is 0.147 e. The molecule has 3 N–H and O–H groups in total. The van der Waals surface area contributed by atoms with E-state index in [2.05, 4.69) is 34.7 Å². The van der Waals surface area contributed by atoms with E-state index in [1.807, 2.05) is 0 Å². The van der Waals surface area contributed by atoms with Gasteiger partial charge < -0.3 is 25.6 Å². The summed E-state index contributed by atoms with van der Waals surface area (Å²) in [5.74, 6) is 1.20. The summed E-state index contributed by atoms with van der Waals surface area (Å²) in [6, 6.07) is 1.76. The Labute approximate surface area is 157 Å². The van der Waals surface area contributed by atoms with Gasteiger partial charge in [0.15, 0.2) is 0 Å². The fourth-order valence-corrected chi connectivity index (χ4v) is 4.80. The van der Waals surface area contributed by atoms with Gasteiger partial charge in [0.05, 0.1) is 6.61 Å². The molecule has 0 aromatic rings. The van der Waals surface area contributed by atoms with Gasteiger partial charge in [0.1, 0.15) is 12.1 Å². The maximum absolute atomic E-state index is 6.11. The molecule has 6 heteroatoms. The number of aliphatic imine (C=N–C) groups is 1. The monoisotopic (exact) mass is 361 g/mol. The molecule has 0 saturated carbocycles. The zero-order valence-electron chi connectivity index (χ0n) is 16.4. The predicted molar refractivity (Wildman–Crippen MR) is 106 cm³/mol. The Kier molecular flexibility index (Phi) is 5.93. The van der Waals surface area contributed by atoms with Crippen molar-refractivity contribution < 1.29 is 4.74 Å². The standard InChI is InChI=1S/C20H35N5O/c1-14-10-21-9-7-19(14)20(25-11-16-5-6-17(12-25)24-16)23-15(2)26-13-18-4-3-8-22-18/h15-18,21-22,24H,3-13H2,1-2H3/b23-20+/t15?,16?,17?,18-/m0/s1. The van der Waals surface area contributed by atoms with Crippen LogP contribution in [0.15, 0.2) is 16.1 Å². The van der Waals surface area contributed by atoms with Gasteiger partial charge in [0, 0.05) is 37.8 Å². The van der Waals surface area contributed by atoms with E-state index in [9.17, 15) is 0 Å². The second kappa shape index (κ2) is 8.38. The van der Waals surface area contributed by atoms with E-state index in [4.69, 9.17) is 9.73 Å². The van der Waals surface area contributed by atoms with Crippen molar-refractivity contribution >= 4 is 5.84 Å². The molecule has 4 aliphatic rings. The summed E-state index contributed by atoms with van der Waals surface area (Å²) in [6.07, 6.45) is 6.07. The van der Waals surface area contributed by atoms with E-state index in [0.717, 1.165) is 45.8 Å². The lowest BCUT2D eigenvalue weighted by Crippen LogP contribution is -2.54. The molecular formula is C20H35N5O. The van der Waals surface area contributed by atoms with Crippen LogP contribution in [0.1, 0.15) is 46.0 Å². The normalized spacial score (nSPS) is 33.8. The lowest BCUT2D eigenvalue weighted by atomic mass is 10.00. The first-order valence-electron chi connectivity index (χ1n) is 10.5. The number of hydrogen-bond donors (Lipinski definition) is 3. The molecule has 2 bridgehead atoms. The number of ether oxygens (including phenoxy) is 1. The van der Waals surface area contributed by atoms with Crippen LogP contribution in [0, 0.1) is 0 Å². The Morgan fingerprint density at radius 1 is 1.23 bits per heavy atom. The SMILES string of the molecule is CC1=C(/C(=N\C(C)OC[C@@H]2CCCN2)N2CC3CCC(C2)N3)CCNC1. The van der Waals surface area contributed by atoms with Crippen molar-refractivity contribution in [3.8, 4) is 0 Å². The maximum atomic E-state index is 6.11. The second-order valence-electron chi connectivity index (χ2n) is 8.41. The summed E-state index contributed by atoms with van der Waals surface area (Å²) in [6.45, 7) is 10.4. The number of nitrogens with zero attached hydrogens (tertiary/aromatic N) is 2. The third kappa shape index (κ3) is 4.30. The highest BCUT2D eigenvalue weighted by Crippen LogP contribution is 2.25. The first-order chi connectivity index (χ1) is 12.7. The van der Waals surface area contributed by atoms with Crippen LogP contribution in [0.25, 0.3) is 0 Å². The third-order valence-electron chi connectivity index (χ3n) is 6.25. The molecule has 3 saturated heterocycles. The van der Waals surface area contributed by atoms with Gasteiger partial charge in [-0.15, -0.1) is 0 Å². The first-order valence-corrected chi connectivity index (χ1v) is 10.5. The zero-order valence-corrected chi connectivity index (χ0v) is 16.4. The van der Waals surface area contributed by atoms with Crippen LogP contribution in [0.4, 0.5) is 0 Å². The number of amidine groups is 1. The van der Waals surface area contributed by atoms with E-state index < -0.39 is 0 Å². The van der Waals surface area contributed by atoms with Crippen LogP contribution in [-0.4, -0.2) is 74.4 Å².